The van der Waals surface area contributed by atoms with Crippen molar-refractivity contribution in [2.75, 3.05) is 19.6 Å². The second kappa shape index (κ2) is 10.8. The summed E-state index contributed by atoms with van der Waals surface area (Å²) in [6, 6.07) is 17.6. The first-order valence-electron chi connectivity index (χ1n) is 10.3. The van der Waals surface area contributed by atoms with Crippen molar-refractivity contribution in [3.8, 4) is 0 Å². The quantitative estimate of drug-likeness (QED) is 0.471. The summed E-state index contributed by atoms with van der Waals surface area (Å²) in [4.78, 5) is 30.2. The van der Waals surface area contributed by atoms with Crippen molar-refractivity contribution in [2.24, 2.45) is 0 Å². The third kappa shape index (κ3) is 6.07. The molecule has 0 radical (unpaired) electrons. The van der Waals surface area contributed by atoms with Gasteiger partial charge in [0.05, 0.1) is 11.4 Å². The van der Waals surface area contributed by atoms with Gasteiger partial charge in [0.2, 0.25) is 5.91 Å². The molecule has 0 aliphatic carbocycles. The third-order valence-corrected chi connectivity index (χ3v) is 5.71. The molecule has 0 saturated carbocycles. The minimum absolute atomic E-state index is 0.0685. The number of aryl methyl sites for hydroxylation is 1. The highest BCUT2D eigenvalue weighted by Gasteiger charge is 2.23. The number of hydrogen-bond donors (Lipinski definition) is 0. The van der Waals surface area contributed by atoms with Gasteiger partial charge < -0.3 is 14.2 Å². The molecule has 0 saturated heterocycles. The molecular weight excluding hydrogens is 396 g/mol. The number of carbonyl (C=O) groups excluding carboxylic acids is 2. The summed E-state index contributed by atoms with van der Waals surface area (Å²) in [5.74, 6) is 1.41. The monoisotopic (exact) mass is 424 g/mol. The van der Waals surface area contributed by atoms with Crippen molar-refractivity contribution >= 4 is 23.2 Å². The first-order valence-corrected chi connectivity index (χ1v) is 11.1. The van der Waals surface area contributed by atoms with Crippen LogP contribution in [0, 0.1) is 6.92 Å². The molecule has 0 N–H and O–H groups in total. The van der Waals surface area contributed by atoms with Crippen LogP contribution in [-0.2, 0) is 17.8 Å². The number of thiophene rings is 1. The normalized spacial score (nSPS) is 10.7. The molecule has 1 aromatic carbocycles. The molecule has 0 unspecified atom stereocenters. The van der Waals surface area contributed by atoms with Crippen LogP contribution in [-0.4, -0.2) is 41.2 Å². The zero-order valence-electron chi connectivity index (χ0n) is 17.5. The molecule has 0 spiro atoms. The van der Waals surface area contributed by atoms with Gasteiger partial charge in [-0.05, 0) is 48.9 Å². The van der Waals surface area contributed by atoms with E-state index in [-0.39, 0.29) is 18.4 Å². The molecule has 2 heterocycles. The maximum atomic E-state index is 13.2. The van der Waals surface area contributed by atoms with Crippen LogP contribution in [0.1, 0.15) is 40.1 Å². The van der Waals surface area contributed by atoms with E-state index in [2.05, 4.69) is 12.1 Å². The van der Waals surface area contributed by atoms with Gasteiger partial charge in [0, 0.05) is 13.1 Å². The van der Waals surface area contributed by atoms with Crippen LogP contribution in [0.2, 0.25) is 0 Å². The number of furan rings is 1. The van der Waals surface area contributed by atoms with Crippen LogP contribution in [0.25, 0.3) is 0 Å². The summed E-state index contributed by atoms with van der Waals surface area (Å²) >= 11 is 1.40. The summed E-state index contributed by atoms with van der Waals surface area (Å²) in [6.45, 7) is 5.48. The number of carbonyl (C=O) groups is 2. The lowest BCUT2D eigenvalue weighted by molar-refractivity contribution is -0.132. The topological polar surface area (TPSA) is 53.8 Å². The lowest BCUT2D eigenvalue weighted by atomic mass is 10.1. The van der Waals surface area contributed by atoms with Crippen LogP contribution < -0.4 is 0 Å². The van der Waals surface area contributed by atoms with Crippen molar-refractivity contribution in [3.63, 3.8) is 0 Å². The number of hydrogen-bond acceptors (Lipinski definition) is 4. The molecule has 2 aromatic heterocycles. The highest BCUT2D eigenvalue weighted by molar-refractivity contribution is 7.12. The molecule has 5 nitrogen and oxygen atoms in total. The Morgan fingerprint density at radius 3 is 2.40 bits per heavy atom. The largest absolute Gasteiger partial charge is 0.464 e. The fraction of sp³-hybridized carbons (Fsp3) is 0.333. The van der Waals surface area contributed by atoms with E-state index >= 15 is 0 Å². The predicted molar refractivity (Wildman–Crippen MR) is 120 cm³/mol. The maximum Gasteiger partial charge on any atom is 0.264 e. The first-order chi connectivity index (χ1) is 14.6. The minimum atomic E-state index is -0.0861. The van der Waals surface area contributed by atoms with E-state index in [4.69, 9.17) is 4.42 Å². The van der Waals surface area contributed by atoms with Gasteiger partial charge in [-0.2, -0.15) is 0 Å². The molecular formula is C24H28N2O3S. The zero-order valence-corrected chi connectivity index (χ0v) is 18.4. The van der Waals surface area contributed by atoms with E-state index in [0.717, 1.165) is 24.4 Å². The Kier molecular flexibility index (Phi) is 7.85. The van der Waals surface area contributed by atoms with Crippen molar-refractivity contribution < 1.29 is 14.0 Å². The fourth-order valence-electron chi connectivity index (χ4n) is 3.30. The van der Waals surface area contributed by atoms with Gasteiger partial charge in [-0.25, -0.2) is 0 Å². The Balaban J connectivity index is 1.72. The van der Waals surface area contributed by atoms with Crippen LogP contribution in [0.4, 0.5) is 0 Å². The fourth-order valence-corrected chi connectivity index (χ4v) is 3.99. The molecule has 0 bridgehead atoms. The Hall–Kier alpha value is -2.86. The summed E-state index contributed by atoms with van der Waals surface area (Å²) in [5.41, 5.74) is 1.17. The molecule has 6 heteroatoms. The van der Waals surface area contributed by atoms with Gasteiger partial charge in [0.1, 0.15) is 18.1 Å². The molecule has 2 amide bonds. The van der Waals surface area contributed by atoms with E-state index in [0.29, 0.717) is 24.5 Å². The second-order valence-electron chi connectivity index (χ2n) is 7.27. The number of nitrogens with zero attached hydrogens (tertiary/aromatic N) is 2. The summed E-state index contributed by atoms with van der Waals surface area (Å²) in [5, 5.41) is 1.88. The van der Waals surface area contributed by atoms with Crippen molar-refractivity contribution in [3.05, 3.63) is 81.9 Å². The number of rotatable bonds is 10. The summed E-state index contributed by atoms with van der Waals surface area (Å²) in [6.07, 6.45) is 1.55. The number of benzene rings is 1. The maximum absolute atomic E-state index is 13.2. The van der Waals surface area contributed by atoms with Crippen LogP contribution in [0.15, 0.2) is 64.4 Å². The van der Waals surface area contributed by atoms with Crippen molar-refractivity contribution in [1.82, 2.24) is 9.80 Å². The van der Waals surface area contributed by atoms with Crippen LogP contribution >= 0.6 is 11.3 Å². The molecule has 3 rings (SSSR count). The average Bonchev–Trinajstić information content (AvgIpc) is 3.43. The van der Waals surface area contributed by atoms with Crippen LogP contribution in [0.3, 0.4) is 0 Å². The predicted octanol–water partition coefficient (Wildman–Crippen LogP) is 4.77. The Morgan fingerprint density at radius 2 is 1.77 bits per heavy atom. The lowest BCUT2D eigenvalue weighted by Crippen LogP contribution is -2.43. The van der Waals surface area contributed by atoms with E-state index in [1.165, 1.54) is 16.9 Å². The molecule has 3 aromatic rings. The first kappa shape index (κ1) is 21.8. The molecule has 30 heavy (non-hydrogen) atoms. The Labute approximate surface area is 181 Å². The van der Waals surface area contributed by atoms with Crippen molar-refractivity contribution in [2.45, 2.75) is 33.2 Å². The average molecular weight is 425 g/mol. The summed E-state index contributed by atoms with van der Waals surface area (Å²) < 4.78 is 5.70. The van der Waals surface area contributed by atoms with Gasteiger partial charge >= 0.3 is 0 Å². The Bertz CT molecular complexity index is 935. The van der Waals surface area contributed by atoms with Gasteiger partial charge in [-0.15, -0.1) is 11.3 Å². The Morgan fingerprint density at radius 1 is 0.967 bits per heavy atom. The molecule has 0 fully saturated rings. The van der Waals surface area contributed by atoms with Gasteiger partial charge in [-0.1, -0.05) is 43.3 Å². The SMILES string of the molecule is CCCN(CC(=O)N(CCc1ccccc1)Cc1ccc(C)o1)C(=O)c1cccs1. The van der Waals surface area contributed by atoms with E-state index in [1.54, 1.807) is 15.9 Å². The second-order valence-corrected chi connectivity index (χ2v) is 8.21. The standard InChI is InChI=1S/C24H28N2O3S/c1-3-14-26(24(28)22-10-7-16-30-22)18-23(27)25(17-21-12-11-19(2)29-21)15-13-20-8-5-4-6-9-20/h4-12,16H,3,13-15,17-18H2,1-2H3. The van der Waals surface area contributed by atoms with Gasteiger partial charge in [0.15, 0.2) is 0 Å². The molecule has 0 aliphatic rings. The highest BCUT2D eigenvalue weighted by Crippen LogP contribution is 2.15. The zero-order chi connectivity index (χ0) is 21.3. The van der Waals surface area contributed by atoms with Crippen LogP contribution in [0.5, 0.6) is 0 Å². The van der Waals surface area contributed by atoms with Gasteiger partial charge in [-0.3, -0.25) is 9.59 Å². The molecule has 158 valence electrons. The highest BCUT2D eigenvalue weighted by atomic mass is 32.1. The van der Waals surface area contributed by atoms with Crippen molar-refractivity contribution in [1.29, 1.82) is 0 Å². The summed E-state index contributed by atoms with van der Waals surface area (Å²) in [7, 11) is 0. The molecule has 0 aliphatic heterocycles. The lowest BCUT2D eigenvalue weighted by Gasteiger charge is -2.27. The van der Waals surface area contributed by atoms with Gasteiger partial charge in [0.25, 0.3) is 5.91 Å². The smallest absolute Gasteiger partial charge is 0.264 e. The van der Waals surface area contributed by atoms with E-state index in [1.807, 2.05) is 55.6 Å². The third-order valence-electron chi connectivity index (χ3n) is 4.85. The number of amides is 2. The van der Waals surface area contributed by atoms with E-state index < -0.39 is 0 Å². The van der Waals surface area contributed by atoms with E-state index in [9.17, 15) is 9.59 Å². The molecule has 0 atom stereocenters. The minimum Gasteiger partial charge on any atom is -0.464 e.